The summed E-state index contributed by atoms with van der Waals surface area (Å²) in [5.74, 6) is -0.0453. The van der Waals surface area contributed by atoms with E-state index in [9.17, 15) is 4.79 Å². The zero-order valence-corrected chi connectivity index (χ0v) is 13.7. The van der Waals surface area contributed by atoms with Crippen LogP contribution in [0.25, 0.3) is 11.1 Å². The summed E-state index contributed by atoms with van der Waals surface area (Å²) in [6.07, 6.45) is 3.16. The van der Waals surface area contributed by atoms with Crippen LogP contribution in [0.3, 0.4) is 0 Å². The predicted octanol–water partition coefficient (Wildman–Crippen LogP) is 5.82. The van der Waals surface area contributed by atoms with Crippen LogP contribution in [-0.2, 0) is 0 Å². The molecule has 1 N–H and O–H groups in total. The highest BCUT2D eigenvalue weighted by atomic mass is 35.5. The lowest BCUT2D eigenvalue weighted by Gasteiger charge is -2.03. The minimum atomic E-state index is -0.0453. The zero-order valence-electron chi connectivity index (χ0n) is 12.9. The third-order valence-corrected chi connectivity index (χ3v) is 3.86. The Morgan fingerprint density at radius 3 is 2.08 bits per heavy atom. The molecule has 0 aromatic heterocycles. The van der Waals surface area contributed by atoms with Crippen molar-refractivity contribution in [3.63, 3.8) is 0 Å². The zero-order chi connectivity index (χ0) is 16.8. The smallest absolute Gasteiger partial charge is 0.187 e. The molecule has 0 heterocycles. The van der Waals surface area contributed by atoms with Crippen molar-refractivity contribution in [1.82, 2.24) is 0 Å². The number of anilines is 1. The van der Waals surface area contributed by atoms with Gasteiger partial charge in [0.15, 0.2) is 5.78 Å². The van der Waals surface area contributed by atoms with Gasteiger partial charge in [0.1, 0.15) is 0 Å². The molecule has 0 radical (unpaired) electrons. The monoisotopic (exact) mass is 333 g/mol. The maximum absolute atomic E-state index is 12.2. The molecule has 3 aromatic rings. The second-order valence-electron chi connectivity index (χ2n) is 5.29. The van der Waals surface area contributed by atoms with Crippen LogP contribution in [0.2, 0.25) is 5.02 Å². The van der Waals surface area contributed by atoms with Gasteiger partial charge in [0.05, 0.1) is 0 Å². The van der Waals surface area contributed by atoms with E-state index in [4.69, 9.17) is 11.6 Å². The Balaban J connectivity index is 1.64. The number of allylic oxidation sites excluding steroid dienone is 1. The molecule has 118 valence electrons. The van der Waals surface area contributed by atoms with E-state index in [1.807, 2.05) is 66.7 Å². The van der Waals surface area contributed by atoms with Crippen LogP contribution in [0.4, 0.5) is 5.69 Å². The fourth-order valence-electron chi connectivity index (χ4n) is 2.31. The summed E-state index contributed by atoms with van der Waals surface area (Å²) in [5, 5.41) is 3.73. The second-order valence-corrected chi connectivity index (χ2v) is 5.73. The van der Waals surface area contributed by atoms with Gasteiger partial charge in [0.2, 0.25) is 0 Å². The quantitative estimate of drug-likeness (QED) is 0.471. The predicted molar refractivity (Wildman–Crippen MR) is 100 cm³/mol. The van der Waals surface area contributed by atoms with Crippen molar-refractivity contribution in [2.45, 2.75) is 0 Å². The third-order valence-electron chi connectivity index (χ3n) is 3.61. The van der Waals surface area contributed by atoms with Crippen LogP contribution in [0.15, 0.2) is 91.1 Å². The van der Waals surface area contributed by atoms with Crippen molar-refractivity contribution in [2.75, 3.05) is 5.32 Å². The number of hydrogen-bond donors (Lipinski definition) is 1. The first-order valence-electron chi connectivity index (χ1n) is 7.61. The van der Waals surface area contributed by atoms with Crippen LogP contribution in [0.5, 0.6) is 0 Å². The highest BCUT2D eigenvalue weighted by Crippen LogP contribution is 2.19. The van der Waals surface area contributed by atoms with Gasteiger partial charge in [-0.25, -0.2) is 0 Å². The number of halogens is 1. The minimum Gasteiger partial charge on any atom is -0.362 e. The van der Waals surface area contributed by atoms with E-state index in [2.05, 4.69) is 5.32 Å². The number of carbonyl (C=O) groups excluding carboxylic acids is 1. The van der Waals surface area contributed by atoms with Crippen LogP contribution < -0.4 is 5.32 Å². The molecule has 0 aliphatic carbocycles. The van der Waals surface area contributed by atoms with Crippen LogP contribution in [0, 0.1) is 0 Å². The molecule has 0 fully saturated rings. The van der Waals surface area contributed by atoms with E-state index in [1.165, 1.54) is 6.08 Å². The first-order chi connectivity index (χ1) is 11.7. The fraction of sp³-hybridized carbons (Fsp3) is 0. The Morgan fingerprint density at radius 1 is 0.792 bits per heavy atom. The summed E-state index contributed by atoms with van der Waals surface area (Å²) in [6.45, 7) is 0. The molecule has 3 rings (SSSR count). The molecule has 0 saturated carbocycles. The number of carbonyl (C=O) groups is 1. The van der Waals surface area contributed by atoms with E-state index in [0.29, 0.717) is 10.6 Å². The summed E-state index contributed by atoms with van der Waals surface area (Å²) in [6, 6.07) is 25.0. The van der Waals surface area contributed by atoms with Crippen molar-refractivity contribution in [1.29, 1.82) is 0 Å². The Morgan fingerprint density at radius 2 is 1.42 bits per heavy atom. The van der Waals surface area contributed by atoms with Gasteiger partial charge < -0.3 is 5.32 Å². The van der Waals surface area contributed by atoms with Gasteiger partial charge in [-0.1, -0.05) is 66.2 Å². The van der Waals surface area contributed by atoms with Gasteiger partial charge >= 0.3 is 0 Å². The van der Waals surface area contributed by atoms with Crippen molar-refractivity contribution >= 4 is 23.1 Å². The number of ketones is 1. The summed E-state index contributed by atoms with van der Waals surface area (Å²) in [4.78, 5) is 12.2. The average Bonchev–Trinajstić information content (AvgIpc) is 2.64. The lowest BCUT2D eigenvalue weighted by molar-refractivity contribution is 0.104. The second kappa shape index (κ2) is 7.62. The van der Waals surface area contributed by atoms with Crippen molar-refractivity contribution in [3.8, 4) is 11.1 Å². The molecular formula is C21H16ClNO. The topological polar surface area (TPSA) is 29.1 Å². The number of hydrogen-bond acceptors (Lipinski definition) is 2. The lowest BCUT2D eigenvalue weighted by atomic mass is 10.0. The SMILES string of the molecule is O=C(/C=C\Nc1ccc(Cl)cc1)c1ccc(-c2ccccc2)cc1. The average molecular weight is 334 g/mol. The number of rotatable bonds is 5. The Hall–Kier alpha value is -2.84. The Kier molecular flexibility index (Phi) is 5.09. The first-order valence-corrected chi connectivity index (χ1v) is 7.99. The summed E-state index contributed by atoms with van der Waals surface area (Å²) >= 11 is 5.83. The molecule has 0 unspecified atom stereocenters. The summed E-state index contributed by atoms with van der Waals surface area (Å²) < 4.78 is 0. The van der Waals surface area contributed by atoms with Gasteiger partial charge in [-0.15, -0.1) is 0 Å². The van der Waals surface area contributed by atoms with Gasteiger partial charge in [-0.2, -0.15) is 0 Å². The van der Waals surface area contributed by atoms with Gasteiger partial charge in [0.25, 0.3) is 0 Å². The largest absolute Gasteiger partial charge is 0.362 e. The molecule has 3 aromatic carbocycles. The molecule has 24 heavy (non-hydrogen) atoms. The highest BCUT2D eigenvalue weighted by molar-refractivity contribution is 6.30. The lowest BCUT2D eigenvalue weighted by Crippen LogP contribution is -1.96. The molecular weight excluding hydrogens is 318 g/mol. The highest BCUT2D eigenvalue weighted by Gasteiger charge is 2.02. The number of benzene rings is 3. The van der Waals surface area contributed by atoms with E-state index in [1.54, 1.807) is 18.3 Å². The van der Waals surface area contributed by atoms with Crippen molar-refractivity contribution in [2.24, 2.45) is 0 Å². The van der Waals surface area contributed by atoms with Crippen LogP contribution in [-0.4, -0.2) is 5.78 Å². The molecule has 2 nitrogen and oxygen atoms in total. The maximum atomic E-state index is 12.2. The number of nitrogens with one attached hydrogen (secondary N) is 1. The van der Waals surface area contributed by atoms with Crippen molar-refractivity contribution < 1.29 is 4.79 Å². The van der Waals surface area contributed by atoms with Crippen LogP contribution >= 0.6 is 11.6 Å². The molecule has 0 amide bonds. The summed E-state index contributed by atoms with van der Waals surface area (Å²) in [7, 11) is 0. The molecule has 0 aliphatic rings. The summed E-state index contributed by atoms with van der Waals surface area (Å²) in [5.41, 5.74) is 3.76. The standard InChI is InChI=1S/C21H16ClNO/c22-19-10-12-20(13-11-19)23-15-14-21(24)18-8-6-17(7-9-18)16-4-2-1-3-5-16/h1-15,23H/b15-14-. The molecule has 0 bridgehead atoms. The minimum absolute atomic E-state index is 0.0453. The molecule has 0 saturated heterocycles. The van der Waals surface area contributed by atoms with E-state index in [0.717, 1.165) is 16.8 Å². The molecule has 3 heteroatoms. The molecule has 0 spiro atoms. The van der Waals surface area contributed by atoms with E-state index >= 15 is 0 Å². The maximum Gasteiger partial charge on any atom is 0.187 e. The van der Waals surface area contributed by atoms with E-state index in [-0.39, 0.29) is 5.78 Å². The Bertz CT molecular complexity index is 837. The van der Waals surface area contributed by atoms with Crippen molar-refractivity contribution in [3.05, 3.63) is 102 Å². The van der Waals surface area contributed by atoms with E-state index < -0.39 is 0 Å². The molecule has 0 aliphatic heterocycles. The molecule has 0 atom stereocenters. The Labute approximate surface area is 146 Å². The fourth-order valence-corrected chi connectivity index (χ4v) is 2.44. The van der Waals surface area contributed by atoms with Gasteiger partial charge in [0, 0.05) is 28.5 Å². The van der Waals surface area contributed by atoms with Crippen LogP contribution in [0.1, 0.15) is 10.4 Å². The third kappa shape index (κ3) is 4.12. The van der Waals surface area contributed by atoms with Gasteiger partial charge in [-0.3, -0.25) is 4.79 Å². The normalized spacial score (nSPS) is 10.7. The first kappa shape index (κ1) is 16.0. The van der Waals surface area contributed by atoms with Gasteiger partial charge in [-0.05, 0) is 35.4 Å².